The highest BCUT2D eigenvalue weighted by atomic mass is 35.5. The Morgan fingerprint density at radius 2 is 1.55 bits per heavy atom. The minimum Gasteiger partial charge on any atom is -0.355 e. The van der Waals surface area contributed by atoms with Gasteiger partial charge in [-0.15, -0.1) is 0 Å². The molecule has 31 heavy (non-hydrogen) atoms. The number of hydrogen-bond donors (Lipinski definition) is 0. The van der Waals surface area contributed by atoms with Crippen LogP contribution < -0.4 is 5.01 Å². The number of fused-ring (bicyclic) bond motifs is 5. The lowest BCUT2D eigenvalue weighted by Crippen LogP contribution is -2.48. The molecule has 5 rings (SSSR count). The number of halogens is 1. The molecule has 1 heterocycles. The molecule has 0 radical (unpaired) electrons. The largest absolute Gasteiger partial charge is 0.355 e. The van der Waals surface area contributed by atoms with Gasteiger partial charge in [-0.1, -0.05) is 74.0 Å². The van der Waals surface area contributed by atoms with Gasteiger partial charge in [-0.25, -0.2) is 0 Å². The lowest BCUT2D eigenvalue weighted by molar-refractivity contribution is -0.0371. The summed E-state index contributed by atoms with van der Waals surface area (Å²) in [6.45, 7) is 4.88. The summed E-state index contributed by atoms with van der Waals surface area (Å²) in [5, 5.41) is 14.8. The standard InChI is InChI=1S/C26H24ClN3O/c1-3-16-31-25-18(2)26(30(29(25)17-28)20-14-12-19(27)13-15-20)23-10-6-4-8-21(23)22-9-5-7-11-24(22)26/h4-15,18,25H,3,16H2,1-2H3. The van der Waals surface area contributed by atoms with Crippen LogP contribution in [-0.4, -0.2) is 17.8 Å². The maximum absolute atomic E-state index is 10.3. The molecule has 3 aromatic rings. The Bertz CT molecular complexity index is 1110. The van der Waals surface area contributed by atoms with Gasteiger partial charge in [0.05, 0.1) is 5.69 Å². The molecule has 1 aliphatic carbocycles. The van der Waals surface area contributed by atoms with Crippen LogP contribution in [0.3, 0.4) is 0 Å². The number of hydrogen-bond acceptors (Lipinski definition) is 4. The second-order valence-electron chi connectivity index (χ2n) is 8.14. The Balaban J connectivity index is 1.83. The van der Waals surface area contributed by atoms with E-state index in [1.54, 1.807) is 5.01 Å². The number of nitriles is 1. The van der Waals surface area contributed by atoms with Crippen molar-refractivity contribution < 1.29 is 4.74 Å². The van der Waals surface area contributed by atoms with Crippen LogP contribution in [-0.2, 0) is 10.3 Å². The Hall–Kier alpha value is -3.00. The predicted octanol–water partition coefficient (Wildman–Crippen LogP) is 6.17. The highest BCUT2D eigenvalue weighted by Crippen LogP contribution is 2.60. The average Bonchev–Trinajstić information content (AvgIpc) is 3.24. The van der Waals surface area contributed by atoms with Crippen molar-refractivity contribution in [3.05, 3.63) is 88.9 Å². The molecule has 5 heteroatoms. The van der Waals surface area contributed by atoms with E-state index in [1.807, 2.05) is 24.3 Å². The molecule has 0 aromatic heterocycles. The molecule has 1 fully saturated rings. The van der Waals surface area contributed by atoms with E-state index in [9.17, 15) is 5.26 Å². The molecule has 0 bridgehead atoms. The van der Waals surface area contributed by atoms with Gasteiger partial charge in [0.25, 0.3) is 0 Å². The van der Waals surface area contributed by atoms with Crippen molar-refractivity contribution in [2.24, 2.45) is 5.92 Å². The second-order valence-corrected chi connectivity index (χ2v) is 8.58. The summed E-state index contributed by atoms with van der Waals surface area (Å²) in [6, 6.07) is 24.7. The van der Waals surface area contributed by atoms with Gasteiger partial charge in [0, 0.05) is 17.5 Å². The van der Waals surface area contributed by atoms with Crippen LogP contribution in [0.5, 0.6) is 0 Å². The van der Waals surface area contributed by atoms with Crippen molar-refractivity contribution in [2.45, 2.75) is 32.0 Å². The predicted molar refractivity (Wildman–Crippen MR) is 123 cm³/mol. The Kier molecular flexibility index (Phi) is 4.89. The van der Waals surface area contributed by atoms with Gasteiger partial charge >= 0.3 is 0 Å². The lowest BCUT2D eigenvalue weighted by Gasteiger charge is -2.41. The van der Waals surface area contributed by atoms with Crippen LogP contribution in [0.4, 0.5) is 5.69 Å². The van der Waals surface area contributed by atoms with Crippen LogP contribution >= 0.6 is 11.6 Å². The number of ether oxygens (including phenoxy) is 1. The first kappa shape index (κ1) is 19.9. The zero-order chi connectivity index (χ0) is 21.6. The second kappa shape index (κ2) is 7.60. The van der Waals surface area contributed by atoms with Gasteiger partial charge in [0.1, 0.15) is 5.54 Å². The highest BCUT2D eigenvalue weighted by molar-refractivity contribution is 6.30. The van der Waals surface area contributed by atoms with Gasteiger partial charge in [-0.2, -0.15) is 10.3 Å². The fourth-order valence-corrected chi connectivity index (χ4v) is 5.45. The van der Waals surface area contributed by atoms with Crippen molar-refractivity contribution in [2.75, 3.05) is 11.6 Å². The minimum absolute atomic E-state index is 0.000761. The molecule has 0 amide bonds. The summed E-state index contributed by atoms with van der Waals surface area (Å²) in [5.74, 6) is -0.000761. The first-order valence-electron chi connectivity index (χ1n) is 10.7. The van der Waals surface area contributed by atoms with Crippen LogP contribution in [0.25, 0.3) is 11.1 Å². The summed E-state index contributed by atoms with van der Waals surface area (Å²) in [5.41, 5.74) is 5.15. The van der Waals surface area contributed by atoms with E-state index in [-0.39, 0.29) is 12.1 Å². The van der Waals surface area contributed by atoms with Gasteiger partial charge in [-0.05, 0) is 52.9 Å². The average molecular weight is 430 g/mol. The van der Waals surface area contributed by atoms with E-state index in [0.717, 1.165) is 12.1 Å². The van der Waals surface area contributed by atoms with Gasteiger partial charge in [0.15, 0.2) is 6.23 Å². The van der Waals surface area contributed by atoms with Crippen LogP contribution in [0.1, 0.15) is 31.4 Å². The zero-order valence-corrected chi connectivity index (χ0v) is 18.4. The highest BCUT2D eigenvalue weighted by Gasteiger charge is 2.62. The number of benzene rings is 3. The molecule has 156 valence electrons. The minimum atomic E-state index is -0.560. The van der Waals surface area contributed by atoms with E-state index in [4.69, 9.17) is 16.3 Å². The molecule has 0 N–H and O–H groups in total. The third kappa shape index (κ3) is 2.70. The van der Waals surface area contributed by atoms with Crippen LogP contribution in [0, 0.1) is 17.4 Å². The Morgan fingerprint density at radius 3 is 2.10 bits per heavy atom. The van der Waals surface area contributed by atoms with E-state index in [0.29, 0.717) is 11.6 Å². The third-order valence-electron chi connectivity index (χ3n) is 6.51. The van der Waals surface area contributed by atoms with Crippen LogP contribution in [0.15, 0.2) is 72.8 Å². The van der Waals surface area contributed by atoms with Gasteiger partial charge in [0.2, 0.25) is 6.19 Å². The van der Waals surface area contributed by atoms with Crippen molar-refractivity contribution in [1.82, 2.24) is 5.01 Å². The molecule has 4 nitrogen and oxygen atoms in total. The monoisotopic (exact) mass is 429 g/mol. The normalized spacial score (nSPS) is 20.6. The van der Waals surface area contributed by atoms with E-state index >= 15 is 0 Å². The van der Waals surface area contributed by atoms with E-state index < -0.39 is 5.54 Å². The number of nitrogens with zero attached hydrogens (tertiary/aromatic N) is 3. The maximum atomic E-state index is 10.3. The smallest absolute Gasteiger partial charge is 0.202 e. The summed E-state index contributed by atoms with van der Waals surface area (Å²) < 4.78 is 6.30. The molecule has 2 unspecified atom stereocenters. The first-order chi connectivity index (χ1) is 15.1. The number of hydrazine groups is 1. The molecule has 0 saturated carbocycles. The molecule has 2 aliphatic rings. The fraction of sp³-hybridized carbons (Fsp3) is 0.269. The van der Waals surface area contributed by atoms with Gasteiger partial charge in [-0.3, -0.25) is 5.01 Å². The molecule has 1 saturated heterocycles. The fourth-order valence-electron chi connectivity index (χ4n) is 5.32. The summed E-state index contributed by atoms with van der Waals surface area (Å²) in [7, 11) is 0. The topological polar surface area (TPSA) is 39.5 Å². The molecular weight excluding hydrogens is 406 g/mol. The summed E-state index contributed by atoms with van der Waals surface area (Å²) >= 11 is 6.21. The number of rotatable bonds is 4. The lowest BCUT2D eigenvalue weighted by atomic mass is 9.76. The number of anilines is 1. The van der Waals surface area contributed by atoms with Crippen molar-refractivity contribution in [1.29, 1.82) is 5.26 Å². The molecule has 3 aromatic carbocycles. The summed E-state index contributed by atoms with van der Waals surface area (Å²) in [4.78, 5) is 0. The molecule has 1 aliphatic heterocycles. The van der Waals surface area contributed by atoms with E-state index in [1.165, 1.54) is 22.3 Å². The van der Waals surface area contributed by atoms with Crippen molar-refractivity contribution in [3.8, 4) is 17.3 Å². The zero-order valence-electron chi connectivity index (χ0n) is 17.6. The SMILES string of the molecule is CCCOC1C(C)C2(c3ccccc3-c3ccccc32)N(c2ccc(Cl)cc2)N1C#N. The Morgan fingerprint density at radius 1 is 0.968 bits per heavy atom. The van der Waals surface area contributed by atoms with Crippen molar-refractivity contribution >= 4 is 17.3 Å². The maximum Gasteiger partial charge on any atom is 0.202 e. The Labute approximate surface area is 188 Å². The van der Waals surface area contributed by atoms with Crippen molar-refractivity contribution in [3.63, 3.8) is 0 Å². The first-order valence-corrected chi connectivity index (χ1v) is 11.1. The third-order valence-corrected chi connectivity index (χ3v) is 6.76. The quantitative estimate of drug-likeness (QED) is 0.465. The summed E-state index contributed by atoms with van der Waals surface area (Å²) in [6.07, 6.45) is 2.95. The molecular formula is C26H24ClN3O. The molecule has 1 spiro atoms. The van der Waals surface area contributed by atoms with Gasteiger partial charge < -0.3 is 4.74 Å². The molecule has 2 atom stereocenters. The van der Waals surface area contributed by atoms with E-state index in [2.05, 4.69) is 73.6 Å². The van der Waals surface area contributed by atoms with Crippen LogP contribution in [0.2, 0.25) is 5.02 Å².